The fourth-order valence-corrected chi connectivity index (χ4v) is 2.85. The minimum atomic E-state index is -1.06. The van der Waals surface area contributed by atoms with Crippen LogP contribution in [0.15, 0.2) is 36.4 Å². The van der Waals surface area contributed by atoms with Crippen molar-refractivity contribution < 1.29 is 19.4 Å². The normalized spacial score (nSPS) is 12.2. The highest BCUT2D eigenvalue weighted by atomic mass is 35.5. The second-order valence-electron chi connectivity index (χ2n) is 5.23. The minimum absolute atomic E-state index is 0.0957. The molecule has 0 saturated carbocycles. The fourth-order valence-electron chi connectivity index (χ4n) is 2.58. The van der Waals surface area contributed by atoms with Gasteiger partial charge in [-0.05, 0) is 41.5 Å². The Kier molecular flexibility index (Phi) is 4.27. The lowest BCUT2D eigenvalue weighted by molar-refractivity contribution is 0.0692. The van der Waals surface area contributed by atoms with Gasteiger partial charge in [-0.15, -0.1) is 0 Å². The van der Waals surface area contributed by atoms with Gasteiger partial charge < -0.3 is 15.2 Å². The first kappa shape index (κ1) is 16.1. The standard InChI is InChI=1S/C18H14ClNO4/c1-20-17(21)13-5-4-10(9-15(13)19)12-7-11-3-2-6-24-16(11)14(8-12)18(22)23/h2-5,7-9H,6H2,1H3,(H,20,21)(H,22,23). The highest BCUT2D eigenvalue weighted by Crippen LogP contribution is 2.35. The van der Waals surface area contributed by atoms with Crippen LogP contribution in [0, 0.1) is 0 Å². The molecule has 6 heteroatoms. The van der Waals surface area contributed by atoms with Crippen molar-refractivity contribution in [3.63, 3.8) is 0 Å². The quantitative estimate of drug-likeness (QED) is 0.894. The largest absolute Gasteiger partial charge is 0.488 e. The molecular formula is C18H14ClNO4. The van der Waals surface area contributed by atoms with Gasteiger partial charge in [0.05, 0.1) is 10.6 Å². The number of nitrogens with one attached hydrogen (secondary N) is 1. The van der Waals surface area contributed by atoms with Crippen LogP contribution in [0.1, 0.15) is 26.3 Å². The molecule has 1 aliphatic rings. The number of rotatable bonds is 3. The molecule has 0 bridgehead atoms. The summed E-state index contributed by atoms with van der Waals surface area (Å²) >= 11 is 6.18. The number of halogens is 1. The number of hydrogen-bond donors (Lipinski definition) is 2. The molecule has 0 fully saturated rings. The highest BCUT2D eigenvalue weighted by molar-refractivity contribution is 6.34. The van der Waals surface area contributed by atoms with E-state index in [-0.39, 0.29) is 11.5 Å². The van der Waals surface area contributed by atoms with E-state index in [1.165, 1.54) is 7.05 Å². The lowest BCUT2D eigenvalue weighted by atomic mass is 9.96. The third-order valence-corrected chi connectivity index (χ3v) is 4.06. The zero-order valence-corrected chi connectivity index (χ0v) is 13.6. The SMILES string of the molecule is CNC(=O)c1ccc(-c2cc3c(c(C(=O)O)c2)OCC=C3)cc1Cl. The van der Waals surface area contributed by atoms with Crippen molar-refractivity contribution in [1.29, 1.82) is 0 Å². The lowest BCUT2D eigenvalue weighted by Gasteiger charge is -2.17. The van der Waals surface area contributed by atoms with Crippen LogP contribution in [0.4, 0.5) is 0 Å². The Morgan fingerprint density at radius 3 is 2.62 bits per heavy atom. The fraction of sp³-hybridized carbons (Fsp3) is 0.111. The summed E-state index contributed by atoms with van der Waals surface area (Å²) in [6.07, 6.45) is 3.65. The summed E-state index contributed by atoms with van der Waals surface area (Å²) in [5.41, 5.74) is 2.56. The molecule has 1 aliphatic heterocycles. The molecule has 1 amide bonds. The number of ether oxygens (including phenoxy) is 1. The number of carboxylic acids is 1. The molecule has 2 aromatic rings. The summed E-state index contributed by atoms with van der Waals surface area (Å²) in [6, 6.07) is 8.38. The molecule has 0 saturated heterocycles. The van der Waals surface area contributed by atoms with Crippen LogP contribution < -0.4 is 10.1 Å². The van der Waals surface area contributed by atoms with E-state index in [2.05, 4.69) is 5.32 Å². The highest BCUT2D eigenvalue weighted by Gasteiger charge is 2.19. The Morgan fingerprint density at radius 2 is 1.96 bits per heavy atom. The number of fused-ring (bicyclic) bond motifs is 1. The molecule has 2 N–H and O–H groups in total. The number of carbonyl (C=O) groups is 2. The molecule has 0 aromatic heterocycles. The van der Waals surface area contributed by atoms with Gasteiger partial charge in [-0.1, -0.05) is 23.7 Å². The van der Waals surface area contributed by atoms with Crippen molar-refractivity contribution in [2.24, 2.45) is 0 Å². The van der Waals surface area contributed by atoms with Crippen molar-refractivity contribution in [1.82, 2.24) is 5.32 Å². The van der Waals surface area contributed by atoms with E-state index in [4.69, 9.17) is 16.3 Å². The van der Waals surface area contributed by atoms with Crippen LogP contribution in [-0.2, 0) is 0 Å². The van der Waals surface area contributed by atoms with Crippen LogP contribution in [0.5, 0.6) is 5.75 Å². The lowest BCUT2D eigenvalue weighted by Crippen LogP contribution is -2.18. The average Bonchev–Trinajstić information content (AvgIpc) is 2.59. The van der Waals surface area contributed by atoms with E-state index in [1.807, 2.05) is 18.2 Å². The van der Waals surface area contributed by atoms with Crippen molar-refractivity contribution in [3.8, 4) is 16.9 Å². The number of carboxylic acid groups (broad SMARTS) is 1. The van der Waals surface area contributed by atoms with E-state index in [0.29, 0.717) is 34.1 Å². The number of aromatic carboxylic acids is 1. The Morgan fingerprint density at radius 1 is 1.17 bits per heavy atom. The molecule has 0 unspecified atom stereocenters. The molecule has 0 radical (unpaired) electrons. The van der Waals surface area contributed by atoms with E-state index in [9.17, 15) is 14.7 Å². The second-order valence-corrected chi connectivity index (χ2v) is 5.64. The van der Waals surface area contributed by atoms with E-state index >= 15 is 0 Å². The van der Waals surface area contributed by atoms with Gasteiger partial charge in [0.25, 0.3) is 5.91 Å². The van der Waals surface area contributed by atoms with Gasteiger partial charge in [0.15, 0.2) is 0 Å². The summed E-state index contributed by atoms with van der Waals surface area (Å²) in [6.45, 7) is 0.347. The number of hydrogen-bond acceptors (Lipinski definition) is 3. The Balaban J connectivity index is 2.12. The molecule has 1 heterocycles. The first-order valence-corrected chi connectivity index (χ1v) is 7.61. The van der Waals surface area contributed by atoms with Crippen LogP contribution >= 0.6 is 11.6 Å². The van der Waals surface area contributed by atoms with E-state index < -0.39 is 5.97 Å². The Bertz CT molecular complexity index is 874. The Labute approximate surface area is 143 Å². The molecule has 0 aliphatic carbocycles. The maximum Gasteiger partial charge on any atom is 0.339 e. The third-order valence-electron chi connectivity index (χ3n) is 3.74. The summed E-state index contributed by atoms with van der Waals surface area (Å²) in [5, 5.41) is 12.3. The molecule has 122 valence electrons. The number of amides is 1. The predicted molar refractivity (Wildman–Crippen MR) is 91.8 cm³/mol. The van der Waals surface area contributed by atoms with Crippen LogP contribution in [0.3, 0.4) is 0 Å². The van der Waals surface area contributed by atoms with Gasteiger partial charge in [-0.2, -0.15) is 0 Å². The second kappa shape index (κ2) is 6.37. The summed E-state index contributed by atoms with van der Waals surface area (Å²) in [4.78, 5) is 23.2. The molecule has 24 heavy (non-hydrogen) atoms. The monoisotopic (exact) mass is 343 g/mol. The van der Waals surface area contributed by atoms with Crippen molar-refractivity contribution in [2.75, 3.05) is 13.7 Å². The van der Waals surface area contributed by atoms with Crippen molar-refractivity contribution in [2.45, 2.75) is 0 Å². The molecule has 2 aromatic carbocycles. The van der Waals surface area contributed by atoms with Gasteiger partial charge in [0.1, 0.15) is 17.9 Å². The summed E-state index contributed by atoms with van der Waals surface area (Å²) in [5.74, 6) is -0.974. The first-order chi connectivity index (χ1) is 11.5. The van der Waals surface area contributed by atoms with Gasteiger partial charge in [0.2, 0.25) is 0 Å². The van der Waals surface area contributed by atoms with Crippen LogP contribution in [0.25, 0.3) is 17.2 Å². The maximum atomic E-state index is 11.7. The van der Waals surface area contributed by atoms with E-state index in [0.717, 1.165) is 5.56 Å². The minimum Gasteiger partial charge on any atom is -0.488 e. The topological polar surface area (TPSA) is 75.6 Å². The number of carbonyl (C=O) groups excluding carboxylic acids is 1. The molecule has 3 rings (SSSR count). The van der Waals surface area contributed by atoms with Crippen LogP contribution in [0.2, 0.25) is 5.02 Å². The number of benzene rings is 2. The van der Waals surface area contributed by atoms with Crippen LogP contribution in [-0.4, -0.2) is 30.6 Å². The maximum absolute atomic E-state index is 11.7. The van der Waals surface area contributed by atoms with Gasteiger partial charge in [-0.25, -0.2) is 4.79 Å². The zero-order valence-electron chi connectivity index (χ0n) is 12.8. The summed E-state index contributed by atoms with van der Waals surface area (Å²) < 4.78 is 5.45. The summed E-state index contributed by atoms with van der Waals surface area (Å²) in [7, 11) is 1.53. The van der Waals surface area contributed by atoms with Crippen molar-refractivity contribution in [3.05, 3.63) is 58.1 Å². The van der Waals surface area contributed by atoms with Gasteiger partial charge in [-0.3, -0.25) is 4.79 Å². The van der Waals surface area contributed by atoms with Gasteiger partial charge in [0, 0.05) is 12.6 Å². The predicted octanol–water partition coefficient (Wildman–Crippen LogP) is 3.47. The first-order valence-electron chi connectivity index (χ1n) is 7.24. The van der Waals surface area contributed by atoms with Crippen molar-refractivity contribution >= 4 is 29.6 Å². The third kappa shape index (κ3) is 2.86. The molecule has 0 atom stereocenters. The van der Waals surface area contributed by atoms with Gasteiger partial charge >= 0.3 is 5.97 Å². The van der Waals surface area contributed by atoms with E-state index in [1.54, 1.807) is 24.3 Å². The Hall–Kier alpha value is -2.79. The molecular weight excluding hydrogens is 330 g/mol. The average molecular weight is 344 g/mol. The molecule has 0 spiro atoms. The smallest absolute Gasteiger partial charge is 0.339 e. The molecule has 5 nitrogen and oxygen atoms in total. The zero-order chi connectivity index (χ0) is 17.3.